The van der Waals surface area contributed by atoms with Crippen molar-refractivity contribution in [3.8, 4) is 11.5 Å². The van der Waals surface area contributed by atoms with Crippen molar-refractivity contribution in [2.24, 2.45) is 0 Å². The van der Waals surface area contributed by atoms with Crippen LogP contribution >= 0.6 is 0 Å². The molecule has 2 aromatic carbocycles. The van der Waals surface area contributed by atoms with Crippen LogP contribution in [0.2, 0.25) is 0 Å². The fourth-order valence-electron chi connectivity index (χ4n) is 4.20. The zero-order chi connectivity index (χ0) is 21.6. The second kappa shape index (κ2) is 9.71. The molecule has 1 aliphatic heterocycles. The number of methoxy groups -OCH3 is 1. The number of nitrogens with zero attached hydrogens (tertiary/aromatic N) is 1. The molecule has 6 nitrogen and oxygen atoms in total. The first-order valence-corrected chi connectivity index (χ1v) is 10.5. The van der Waals surface area contributed by atoms with E-state index in [1.54, 1.807) is 13.4 Å². The van der Waals surface area contributed by atoms with Crippen LogP contribution in [-0.2, 0) is 11.4 Å². The summed E-state index contributed by atoms with van der Waals surface area (Å²) in [6.07, 6.45) is 4.11. The predicted molar refractivity (Wildman–Crippen MR) is 116 cm³/mol. The van der Waals surface area contributed by atoms with E-state index in [0.29, 0.717) is 36.8 Å². The van der Waals surface area contributed by atoms with Gasteiger partial charge < -0.3 is 19.0 Å². The van der Waals surface area contributed by atoms with Gasteiger partial charge >= 0.3 is 5.97 Å². The van der Waals surface area contributed by atoms with Crippen molar-refractivity contribution < 1.29 is 23.8 Å². The normalized spacial score (nSPS) is 17.8. The lowest BCUT2D eigenvalue weighted by Crippen LogP contribution is -2.46. The molecule has 0 radical (unpaired) electrons. The van der Waals surface area contributed by atoms with E-state index in [2.05, 4.69) is 0 Å². The number of carboxylic acids is 1. The highest BCUT2D eigenvalue weighted by Crippen LogP contribution is 2.38. The van der Waals surface area contributed by atoms with Crippen LogP contribution in [0.4, 0.5) is 0 Å². The van der Waals surface area contributed by atoms with Gasteiger partial charge in [0.25, 0.3) is 0 Å². The number of hydrogen-bond acceptors (Lipinski definition) is 5. The molecule has 0 aliphatic carbocycles. The molecule has 2 heterocycles. The van der Waals surface area contributed by atoms with Crippen molar-refractivity contribution in [1.29, 1.82) is 0 Å². The van der Waals surface area contributed by atoms with Gasteiger partial charge in [-0.15, -0.1) is 0 Å². The third-order valence-electron chi connectivity index (χ3n) is 5.71. The highest BCUT2D eigenvalue weighted by Gasteiger charge is 2.36. The highest BCUT2D eigenvalue weighted by molar-refractivity contribution is 5.73. The third-order valence-corrected chi connectivity index (χ3v) is 5.71. The van der Waals surface area contributed by atoms with Gasteiger partial charge in [0.05, 0.1) is 19.4 Å². The maximum atomic E-state index is 12.0. The number of likely N-dealkylation sites (tertiary alicyclic amines) is 1. The number of carboxylic acid groups (broad SMARTS) is 1. The van der Waals surface area contributed by atoms with E-state index >= 15 is 0 Å². The number of piperidine rings is 1. The molecule has 0 spiro atoms. The Morgan fingerprint density at radius 3 is 2.68 bits per heavy atom. The SMILES string of the molecule is COc1cc(C(c2ccco2)N2CCCCC2C(=O)O)ccc1OCc1ccccc1. The van der Waals surface area contributed by atoms with Crippen molar-refractivity contribution in [1.82, 2.24) is 4.90 Å². The molecule has 3 aromatic rings. The minimum absolute atomic E-state index is 0.312. The number of benzene rings is 2. The molecule has 4 rings (SSSR count). The summed E-state index contributed by atoms with van der Waals surface area (Å²) < 4.78 is 17.3. The molecule has 0 saturated carbocycles. The van der Waals surface area contributed by atoms with Gasteiger partial charge in [0, 0.05) is 6.54 Å². The highest BCUT2D eigenvalue weighted by atomic mass is 16.5. The van der Waals surface area contributed by atoms with Gasteiger partial charge in [-0.05, 0) is 48.2 Å². The summed E-state index contributed by atoms with van der Waals surface area (Å²) >= 11 is 0. The Morgan fingerprint density at radius 1 is 1.13 bits per heavy atom. The van der Waals surface area contributed by atoms with Crippen molar-refractivity contribution >= 4 is 5.97 Å². The Morgan fingerprint density at radius 2 is 1.97 bits per heavy atom. The molecule has 1 fully saturated rings. The second-order valence-electron chi connectivity index (χ2n) is 7.69. The molecule has 6 heteroatoms. The quantitative estimate of drug-likeness (QED) is 0.558. The van der Waals surface area contributed by atoms with Crippen LogP contribution in [0.25, 0.3) is 0 Å². The van der Waals surface area contributed by atoms with Gasteiger partial charge in [-0.1, -0.05) is 42.8 Å². The van der Waals surface area contributed by atoms with Gasteiger partial charge in [-0.25, -0.2) is 0 Å². The number of ether oxygens (including phenoxy) is 2. The summed E-state index contributed by atoms with van der Waals surface area (Å²) in [5.74, 6) is 1.16. The minimum Gasteiger partial charge on any atom is -0.493 e. The van der Waals surface area contributed by atoms with Crippen LogP contribution in [0.3, 0.4) is 0 Å². The molecule has 162 valence electrons. The molecule has 0 amide bonds. The van der Waals surface area contributed by atoms with Crippen LogP contribution in [0.15, 0.2) is 71.3 Å². The summed E-state index contributed by atoms with van der Waals surface area (Å²) in [6.45, 7) is 1.13. The molecule has 1 N–H and O–H groups in total. The molecule has 0 bridgehead atoms. The second-order valence-corrected chi connectivity index (χ2v) is 7.69. The maximum Gasteiger partial charge on any atom is 0.320 e. The minimum atomic E-state index is -0.800. The molecule has 2 atom stereocenters. The molecule has 1 saturated heterocycles. The molecule has 2 unspecified atom stereocenters. The summed E-state index contributed by atoms with van der Waals surface area (Å²) in [5, 5.41) is 9.81. The zero-order valence-electron chi connectivity index (χ0n) is 17.6. The van der Waals surface area contributed by atoms with Crippen molar-refractivity contribution in [3.05, 3.63) is 83.8 Å². The van der Waals surface area contributed by atoms with Crippen LogP contribution < -0.4 is 9.47 Å². The van der Waals surface area contributed by atoms with E-state index in [9.17, 15) is 9.90 Å². The van der Waals surface area contributed by atoms with E-state index in [4.69, 9.17) is 13.9 Å². The third kappa shape index (κ3) is 4.75. The Labute approximate surface area is 182 Å². The largest absolute Gasteiger partial charge is 0.493 e. The Hall–Kier alpha value is -3.25. The van der Waals surface area contributed by atoms with Crippen LogP contribution in [-0.4, -0.2) is 35.7 Å². The standard InChI is InChI=1S/C25H27NO5/c1-29-23-16-19(12-13-21(23)31-17-18-8-3-2-4-9-18)24(22-11-7-15-30-22)26-14-6-5-10-20(26)25(27)28/h2-4,7-9,11-13,15-16,20,24H,5-6,10,14,17H2,1H3,(H,27,28). The fourth-order valence-corrected chi connectivity index (χ4v) is 4.20. The van der Waals surface area contributed by atoms with Crippen molar-refractivity contribution in [2.45, 2.75) is 38.0 Å². The summed E-state index contributed by atoms with van der Waals surface area (Å²) in [5.41, 5.74) is 1.98. The van der Waals surface area contributed by atoms with Crippen LogP contribution in [0.5, 0.6) is 11.5 Å². The van der Waals surface area contributed by atoms with E-state index in [1.165, 1.54) is 0 Å². The monoisotopic (exact) mass is 421 g/mol. The summed E-state index contributed by atoms with van der Waals surface area (Å²) in [7, 11) is 1.61. The van der Waals surface area contributed by atoms with Gasteiger partial charge in [0.15, 0.2) is 11.5 Å². The van der Waals surface area contributed by atoms with Crippen molar-refractivity contribution in [3.63, 3.8) is 0 Å². The lowest BCUT2D eigenvalue weighted by molar-refractivity contribution is -0.145. The van der Waals surface area contributed by atoms with Crippen molar-refractivity contribution in [2.75, 3.05) is 13.7 Å². The fraction of sp³-hybridized carbons (Fsp3) is 0.320. The summed E-state index contributed by atoms with van der Waals surface area (Å²) in [6, 6.07) is 18.6. The number of rotatable bonds is 8. The first-order valence-electron chi connectivity index (χ1n) is 10.5. The molecule has 1 aromatic heterocycles. The maximum absolute atomic E-state index is 12.0. The number of aliphatic carboxylic acids is 1. The Balaban J connectivity index is 1.64. The molecular weight excluding hydrogens is 394 g/mol. The lowest BCUT2D eigenvalue weighted by atomic mass is 9.94. The van der Waals surface area contributed by atoms with E-state index in [1.807, 2.05) is 65.6 Å². The van der Waals surface area contributed by atoms with Crippen LogP contribution in [0, 0.1) is 0 Å². The van der Waals surface area contributed by atoms with Gasteiger partial charge in [-0.2, -0.15) is 0 Å². The van der Waals surface area contributed by atoms with Crippen LogP contribution in [0.1, 0.15) is 42.2 Å². The smallest absolute Gasteiger partial charge is 0.320 e. The van der Waals surface area contributed by atoms with Gasteiger partial charge in [0.2, 0.25) is 0 Å². The van der Waals surface area contributed by atoms with Gasteiger partial charge in [0.1, 0.15) is 18.4 Å². The molecular formula is C25H27NO5. The Bertz CT molecular complexity index is 986. The topological polar surface area (TPSA) is 72.1 Å². The average Bonchev–Trinajstić information content (AvgIpc) is 3.33. The molecule has 31 heavy (non-hydrogen) atoms. The number of furan rings is 1. The summed E-state index contributed by atoms with van der Waals surface area (Å²) in [4.78, 5) is 14.0. The van der Waals surface area contributed by atoms with E-state index in [0.717, 1.165) is 24.0 Å². The zero-order valence-corrected chi connectivity index (χ0v) is 17.6. The average molecular weight is 421 g/mol. The first kappa shape index (κ1) is 21.0. The predicted octanol–water partition coefficient (Wildman–Crippen LogP) is 4.90. The first-order chi connectivity index (χ1) is 15.2. The van der Waals surface area contributed by atoms with Gasteiger partial charge in [-0.3, -0.25) is 9.69 Å². The van der Waals surface area contributed by atoms with E-state index < -0.39 is 12.0 Å². The van der Waals surface area contributed by atoms with E-state index in [-0.39, 0.29) is 6.04 Å². The number of hydrogen-bond donors (Lipinski definition) is 1. The number of carbonyl (C=O) groups is 1. The molecule has 1 aliphatic rings. The Kier molecular flexibility index (Phi) is 6.57. The lowest BCUT2D eigenvalue weighted by Gasteiger charge is -2.38.